The Bertz CT molecular complexity index is 1020. The maximum absolute atomic E-state index is 12.0. The Morgan fingerprint density at radius 3 is 2.79 bits per heavy atom. The van der Waals surface area contributed by atoms with E-state index in [-0.39, 0.29) is 10.7 Å². The van der Waals surface area contributed by atoms with Gasteiger partial charge in [-0.25, -0.2) is 0 Å². The van der Waals surface area contributed by atoms with E-state index >= 15 is 0 Å². The van der Waals surface area contributed by atoms with Gasteiger partial charge in [-0.15, -0.1) is 10.2 Å². The van der Waals surface area contributed by atoms with Gasteiger partial charge < -0.3 is 0 Å². The highest BCUT2D eigenvalue weighted by Gasteiger charge is 2.12. The zero-order valence-corrected chi connectivity index (χ0v) is 16.6. The first-order valence-corrected chi connectivity index (χ1v) is 10.1. The molecule has 1 N–H and O–H groups in total. The molecule has 0 spiro atoms. The molecule has 142 valence electrons. The van der Waals surface area contributed by atoms with Crippen LogP contribution in [0.2, 0.25) is 5.02 Å². The number of nitro benzene ring substituents is 1. The highest BCUT2D eigenvalue weighted by molar-refractivity contribution is 8.00. The molecule has 2 aromatic carbocycles. The number of nitrogens with one attached hydrogen (secondary N) is 1. The molecular weight excluding hydrogens is 420 g/mol. The highest BCUT2D eigenvalue weighted by Crippen LogP contribution is 2.28. The van der Waals surface area contributed by atoms with Crippen LogP contribution in [0.3, 0.4) is 0 Å². The Morgan fingerprint density at radius 2 is 2.04 bits per heavy atom. The third-order valence-electron chi connectivity index (χ3n) is 3.44. The number of carbonyl (C=O) groups is 1. The lowest BCUT2D eigenvalue weighted by Gasteiger charge is -1.98. The van der Waals surface area contributed by atoms with Crippen molar-refractivity contribution in [3.05, 3.63) is 80.9 Å². The van der Waals surface area contributed by atoms with Gasteiger partial charge in [0.2, 0.25) is 11.0 Å². The minimum atomic E-state index is -0.574. The second kappa shape index (κ2) is 9.45. The molecule has 1 aromatic heterocycles. The van der Waals surface area contributed by atoms with Gasteiger partial charge in [-0.3, -0.25) is 20.2 Å². The van der Waals surface area contributed by atoms with Crippen LogP contribution >= 0.6 is 34.7 Å². The van der Waals surface area contributed by atoms with Gasteiger partial charge in [-0.1, -0.05) is 71.1 Å². The predicted octanol–water partition coefficient (Wildman–Crippen LogP) is 5.04. The number of aromatic nitrogens is 2. The maximum Gasteiger partial charge on any atom is 0.288 e. The molecule has 0 unspecified atom stereocenters. The molecular formula is C18H13ClN4O3S2. The quantitative estimate of drug-likeness (QED) is 0.184. The molecule has 3 rings (SSSR count). The van der Waals surface area contributed by atoms with Crippen molar-refractivity contribution >= 4 is 57.5 Å². The van der Waals surface area contributed by atoms with Crippen LogP contribution < -0.4 is 5.32 Å². The molecule has 0 bridgehead atoms. The summed E-state index contributed by atoms with van der Waals surface area (Å²) in [5.41, 5.74) is 1.45. The zero-order chi connectivity index (χ0) is 19.9. The van der Waals surface area contributed by atoms with Gasteiger partial charge in [0.1, 0.15) is 5.02 Å². The van der Waals surface area contributed by atoms with Crippen LogP contribution in [0, 0.1) is 10.1 Å². The number of carbonyl (C=O) groups excluding carboxylic acids is 1. The predicted molar refractivity (Wildman–Crippen MR) is 112 cm³/mol. The van der Waals surface area contributed by atoms with Crippen LogP contribution in [0.4, 0.5) is 10.8 Å². The van der Waals surface area contributed by atoms with E-state index in [1.165, 1.54) is 52.9 Å². The van der Waals surface area contributed by atoms with Gasteiger partial charge in [0.05, 0.1) is 4.92 Å². The average Bonchev–Trinajstić information content (AvgIpc) is 3.13. The molecule has 0 radical (unpaired) electrons. The van der Waals surface area contributed by atoms with Crippen LogP contribution in [-0.4, -0.2) is 21.0 Å². The fourth-order valence-electron chi connectivity index (χ4n) is 2.13. The Morgan fingerprint density at radius 1 is 1.25 bits per heavy atom. The van der Waals surface area contributed by atoms with Crippen LogP contribution in [-0.2, 0) is 10.5 Å². The van der Waals surface area contributed by atoms with Gasteiger partial charge in [0, 0.05) is 17.9 Å². The Kier molecular flexibility index (Phi) is 6.75. The number of amides is 1. The summed E-state index contributed by atoms with van der Waals surface area (Å²) in [5, 5.41) is 21.9. The molecule has 28 heavy (non-hydrogen) atoms. The molecule has 1 heterocycles. The Hall–Kier alpha value is -2.75. The molecule has 1 amide bonds. The van der Waals surface area contributed by atoms with Crippen molar-refractivity contribution in [1.82, 2.24) is 10.2 Å². The van der Waals surface area contributed by atoms with E-state index < -0.39 is 10.8 Å². The van der Waals surface area contributed by atoms with E-state index in [1.807, 2.05) is 30.3 Å². The molecule has 0 aliphatic rings. The molecule has 0 saturated carbocycles. The molecule has 0 saturated heterocycles. The second-order valence-corrected chi connectivity index (χ2v) is 8.05. The molecule has 3 aromatic rings. The standard InChI is InChI=1S/C18H13ClN4O3S2/c19-14-8-6-12(10-15(14)23(25)26)7-9-16(24)20-17-21-22-18(28-17)27-11-13-4-2-1-3-5-13/h1-10H,11H2,(H,20,21,24)/b9-7+. The lowest BCUT2D eigenvalue weighted by Crippen LogP contribution is -2.07. The van der Waals surface area contributed by atoms with E-state index in [0.29, 0.717) is 10.7 Å². The molecule has 0 aliphatic carbocycles. The van der Waals surface area contributed by atoms with Crippen LogP contribution in [0.15, 0.2) is 58.9 Å². The Balaban J connectivity index is 1.56. The van der Waals surface area contributed by atoms with E-state index in [0.717, 1.165) is 10.1 Å². The lowest BCUT2D eigenvalue weighted by atomic mass is 10.2. The van der Waals surface area contributed by atoms with Gasteiger partial charge in [-0.2, -0.15) is 0 Å². The number of hydrogen-bond donors (Lipinski definition) is 1. The van der Waals surface area contributed by atoms with Gasteiger partial charge in [0.25, 0.3) is 5.69 Å². The fourth-order valence-corrected chi connectivity index (χ4v) is 4.03. The largest absolute Gasteiger partial charge is 0.297 e. The van der Waals surface area contributed by atoms with E-state index in [1.54, 1.807) is 6.07 Å². The number of benzene rings is 2. The number of anilines is 1. The van der Waals surface area contributed by atoms with E-state index in [4.69, 9.17) is 11.6 Å². The summed E-state index contributed by atoms with van der Waals surface area (Å²) >= 11 is 8.58. The lowest BCUT2D eigenvalue weighted by molar-refractivity contribution is -0.384. The van der Waals surface area contributed by atoms with Crippen molar-refractivity contribution in [3.8, 4) is 0 Å². The number of nitrogens with zero attached hydrogens (tertiary/aromatic N) is 3. The summed E-state index contributed by atoms with van der Waals surface area (Å²) in [7, 11) is 0. The van der Waals surface area contributed by atoms with Crippen LogP contribution in [0.25, 0.3) is 6.08 Å². The first kappa shape index (κ1) is 20.0. The average molecular weight is 433 g/mol. The molecule has 10 heteroatoms. The monoisotopic (exact) mass is 432 g/mol. The topological polar surface area (TPSA) is 98.0 Å². The summed E-state index contributed by atoms with van der Waals surface area (Å²) in [4.78, 5) is 22.4. The van der Waals surface area contributed by atoms with Crippen molar-refractivity contribution in [3.63, 3.8) is 0 Å². The Labute approximate surface area is 173 Å². The summed E-state index contributed by atoms with van der Waals surface area (Å²) < 4.78 is 0.747. The normalized spacial score (nSPS) is 10.9. The number of hydrogen-bond acceptors (Lipinski definition) is 7. The molecule has 0 aliphatic heterocycles. The highest BCUT2D eigenvalue weighted by atomic mass is 35.5. The number of halogens is 1. The van der Waals surface area contributed by atoms with E-state index in [2.05, 4.69) is 15.5 Å². The van der Waals surface area contributed by atoms with Crippen molar-refractivity contribution in [1.29, 1.82) is 0 Å². The zero-order valence-electron chi connectivity index (χ0n) is 14.2. The van der Waals surface area contributed by atoms with Crippen LogP contribution in [0.5, 0.6) is 0 Å². The molecule has 0 fully saturated rings. The van der Waals surface area contributed by atoms with Crippen molar-refractivity contribution in [2.75, 3.05) is 5.32 Å². The minimum Gasteiger partial charge on any atom is -0.297 e. The van der Waals surface area contributed by atoms with E-state index in [9.17, 15) is 14.9 Å². The number of nitro groups is 1. The second-order valence-electron chi connectivity index (χ2n) is 5.44. The fraction of sp³-hybridized carbons (Fsp3) is 0.0556. The van der Waals surface area contributed by atoms with Crippen LogP contribution in [0.1, 0.15) is 11.1 Å². The van der Waals surface area contributed by atoms with Gasteiger partial charge >= 0.3 is 0 Å². The summed E-state index contributed by atoms with van der Waals surface area (Å²) in [6.07, 6.45) is 2.73. The number of rotatable bonds is 7. The van der Waals surface area contributed by atoms with Gasteiger partial charge in [-0.05, 0) is 23.3 Å². The summed E-state index contributed by atoms with van der Waals surface area (Å²) in [5.74, 6) is 0.354. The summed E-state index contributed by atoms with van der Waals surface area (Å²) in [6, 6.07) is 14.3. The molecule has 0 atom stereocenters. The first-order valence-electron chi connectivity index (χ1n) is 7.94. The third-order valence-corrected chi connectivity index (χ3v) is 5.80. The first-order chi connectivity index (χ1) is 13.5. The SMILES string of the molecule is O=C(/C=C/c1ccc(Cl)c([N+](=O)[O-])c1)Nc1nnc(SCc2ccccc2)s1. The smallest absolute Gasteiger partial charge is 0.288 e. The number of thioether (sulfide) groups is 1. The van der Waals surface area contributed by atoms with Crippen molar-refractivity contribution in [2.45, 2.75) is 10.1 Å². The minimum absolute atomic E-state index is 0.0426. The van der Waals surface area contributed by atoms with Crippen molar-refractivity contribution in [2.24, 2.45) is 0 Å². The van der Waals surface area contributed by atoms with Crippen molar-refractivity contribution < 1.29 is 9.72 Å². The third kappa shape index (κ3) is 5.62. The molecule has 7 nitrogen and oxygen atoms in total. The van der Waals surface area contributed by atoms with Gasteiger partial charge in [0.15, 0.2) is 4.34 Å². The summed E-state index contributed by atoms with van der Waals surface area (Å²) in [6.45, 7) is 0. The maximum atomic E-state index is 12.0.